The van der Waals surface area contributed by atoms with Crippen LogP contribution in [0.4, 0.5) is 24.8 Å². The minimum atomic E-state index is -4.43. The summed E-state index contributed by atoms with van der Waals surface area (Å²) in [5, 5.41) is 7.57. The minimum Gasteiger partial charge on any atom is -0.399 e. The van der Waals surface area contributed by atoms with Crippen LogP contribution in [0.25, 0.3) is 22.2 Å². The van der Waals surface area contributed by atoms with Gasteiger partial charge in [0.05, 0.1) is 16.9 Å². The predicted octanol–water partition coefficient (Wildman–Crippen LogP) is 6.48. The number of halogens is 4. The number of hydrogen-bond acceptors (Lipinski definition) is 5. The monoisotopic (exact) mass is 514 g/mol. The van der Waals surface area contributed by atoms with Crippen molar-refractivity contribution in [3.8, 4) is 11.3 Å². The number of aromatic amines is 1. The first kappa shape index (κ1) is 24.4. The summed E-state index contributed by atoms with van der Waals surface area (Å²) in [5.41, 5.74) is 8.66. The second-order valence-corrected chi connectivity index (χ2v) is 9.56. The molecule has 0 saturated heterocycles. The number of alkyl halides is 3. The Hall–Kier alpha value is -3.30. The van der Waals surface area contributed by atoms with Crippen LogP contribution in [0.5, 0.6) is 0 Å². The van der Waals surface area contributed by atoms with E-state index in [1.807, 2.05) is 30.5 Å². The fourth-order valence-corrected chi connectivity index (χ4v) is 5.04. The predicted molar refractivity (Wildman–Crippen MR) is 137 cm³/mol. The van der Waals surface area contributed by atoms with Crippen LogP contribution in [-0.2, 0) is 0 Å². The molecule has 0 bridgehead atoms. The summed E-state index contributed by atoms with van der Waals surface area (Å²) in [6.45, 7) is 0. The molecule has 188 valence electrons. The van der Waals surface area contributed by atoms with Gasteiger partial charge in [0.2, 0.25) is 5.95 Å². The molecule has 1 fully saturated rings. The molecule has 2 aromatic heterocycles. The maximum atomic E-state index is 13.9. The van der Waals surface area contributed by atoms with Crippen LogP contribution >= 0.6 is 11.6 Å². The third-order valence-corrected chi connectivity index (χ3v) is 6.87. The lowest BCUT2D eigenvalue weighted by molar-refractivity contribution is -0.160. The standard InChI is InChI=1S/C26H26ClF3N6/c27-21-14-33-25(36-23(21)20-13-32-22-7-2-1-6-19(20)22)35-18-5-3-4-17(12-18)34-24(26(28,29)30)15-8-10-16(31)11-9-15/h1-2,6-11,13-14,17-18,24,32,34H,3-5,12,31H2,(H,33,35,36)/t17?,18?,24-/m1/s1. The quantitative estimate of drug-likeness (QED) is 0.221. The third kappa shape index (κ3) is 5.27. The number of nitrogens with one attached hydrogen (secondary N) is 3. The van der Waals surface area contributed by atoms with E-state index in [9.17, 15) is 13.2 Å². The average molecular weight is 515 g/mol. The van der Waals surface area contributed by atoms with Gasteiger partial charge in [0.25, 0.3) is 0 Å². The summed E-state index contributed by atoms with van der Waals surface area (Å²) >= 11 is 6.43. The first-order valence-corrected chi connectivity index (χ1v) is 12.2. The average Bonchev–Trinajstić information content (AvgIpc) is 3.28. The number of nitrogen functional groups attached to an aromatic ring is 1. The van der Waals surface area contributed by atoms with E-state index in [1.54, 1.807) is 6.20 Å². The van der Waals surface area contributed by atoms with Crippen molar-refractivity contribution >= 4 is 34.1 Å². The highest BCUT2D eigenvalue weighted by atomic mass is 35.5. The topological polar surface area (TPSA) is 91.6 Å². The van der Waals surface area contributed by atoms with E-state index in [-0.39, 0.29) is 17.6 Å². The molecule has 0 spiro atoms. The Balaban J connectivity index is 1.31. The van der Waals surface area contributed by atoms with E-state index in [4.69, 9.17) is 17.3 Å². The first-order chi connectivity index (χ1) is 17.3. The number of aromatic nitrogens is 3. The van der Waals surface area contributed by atoms with Gasteiger partial charge in [-0.3, -0.25) is 5.32 Å². The van der Waals surface area contributed by atoms with Gasteiger partial charge in [0, 0.05) is 40.4 Å². The highest BCUT2D eigenvalue weighted by molar-refractivity contribution is 6.33. The molecule has 5 rings (SSSR count). The molecular weight excluding hydrogens is 489 g/mol. The zero-order valence-electron chi connectivity index (χ0n) is 19.3. The Labute approximate surface area is 211 Å². The molecule has 0 amide bonds. The molecule has 10 heteroatoms. The maximum Gasteiger partial charge on any atom is 0.407 e. The molecule has 2 aromatic carbocycles. The van der Waals surface area contributed by atoms with E-state index in [0.717, 1.165) is 29.3 Å². The summed E-state index contributed by atoms with van der Waals surface area (Å²) in [7, 11) is 0. The molecule has 0 aliphatic heterocycles. The van der Waals surface area contributed by atoms with E-state index in [2.05, 4.69) is 25.6 Å². The number of nitrogens with two attached hydrogens (primary N) is 1. The Bertz CT molecular complexity index is 1340. The molecule has 5 N–H and O–H groups in total. The van der Waals surface area contributed by atoms with Crippen LogP contribution in [0.15, 0.2) is 60.9 Å². The van der Waals surface area contributed by atoms with Crippen molar-refractivity contribution in [2.24, 2.45) is 0 Å². The highest BCUT2D eigenvalue weighted by Crippen LogP contribution is 2.36. The zero-order valence-corrected chi connectivity index (χ0v) is 20.1. The lowest BCUT2D eigenvalue weighted by Crippen LogP contribution is -2.45. The third-order valence-electron chi connectivity index (χ3n) is 6.60. The molecule has 36 heavy (non-hydrogen) atoms. The Morgan fingerprint density at radius 2 is 1.81 bits per heavy atom. The van der Waals surface area contributed by atoms with Crippen molar-refractivity contribution in [2.45, 2.75) is 50.0 Å². The van der Waals surface area contributed by atoms with Gasteiger partial charge in [-0.15, -0.1) is 0 Å². The SMILES string of the molecule is Nc1ccc([C@@H](NC2CCCC(Nc3ncc(Cl)c(-c4c[nH]c5ccccc45)n3)C2)C(F)(F)F)cc1. The minimum absolute atomic E-state index is 0.0754. The number of nitrogens with zero attached hydrogens (tertiary/aromatic N) is 2. The number of fused-ring (bicyclic) bond motifs is 1. The number of hydrogen-bond donors (Lipinski definition) is 4. The van der Waals surface area contributed by atoms with Gasteiger partial charge in [-0.2, -0.15) is 13.2 Å². The maximum absolute atomic E-state index is 13.9. The van der Waals surface area contributed by atoms with Crippen LogP contribution in [0.3, 0.4) is 0 Å². The molecule has 1 aliphatic rings. The Morgan fingerprint density at radius 1 is 1.06 bits per heavy atom. The Morgan fingerprint density at radius 3 is 2.58 bits per heavy atom. The van der Waals surface area contributed by atoms with E-state index < -0.39 is 12.2 Å². The van der Waals surface area contributed by atoms with Crippen molar-refractivity contribution in [2.75, 3.05) is 11.1 Å². The number of para-hydroxylation sites is 1. The van der Waals surface area contributed by atoms with Crippen LogP contribution in [-0.4, -0.2) is 33.2 Å². The molecule has 3 atom stereocenters. The summed E-state index contributed by atoms with van der Waals surface area (Å²) in [6, 6.07) is 11.5. The van der Waals surface area contributed by atoms with Crippen LogP contribution in [0, 0.1) is 0 Å². The number of H-pyrrole nitrogens is 1. The molecule has 0 radical (unpaired) electrons. The molecule has 2 unspecified atom stereocenters. The molecule has 2 heterocycles. The van der Waals surface area contributed by atoms with Gasteiger partial charge in [-0.1, -0.05) is 41.9 Å². The van der Waals surface area contributed by atoms with Crippen molar-refractivity contribution in [1.29, 1.82) is 0 Å². The highest BCUT2D eigenvalue weighted by Gasteiger charge is 2.42. The van der Waals surface area contributed by atoms with Gasteiger partial charge in [0.1, 0.15) is 6.04 Å². The smallest absolute Gasteiger partial charge is 0.399 e. The van der Waals surface area contributed by atoms with E-state index in [0.29, 0.717) is 35.2 Å². The fourth-order valence-electron chi connectivity index (χ4n) is 4.85. The van der Waals surface area contributed by atoms with E-state index in [1.165, 1.54) is 24.3 Å². The molecule has 6 nitrogen and oxygen atoms in total. The number of rotatable bonds is 6. The molecule has 1 aliphatic carbocycles. The summed E-state index contributed by atoms with van der Waals surface area (Å²) in [6.07, 6.45) is 1.74. The zero-order chi connectivity index (χ0) is 25.3. The summed E-state index contributed by atoms with van der Waals surface area (Å²) in [5.74, 6) is 0.399. The van der Waals surface area contributed by atoms with Crippen LogP contribution < -0.4 is 16.4 Å². The second kappa shape index (κ2) is 9.99. The van der Waals surface area contributed by atoms with Crippen LogP contribution in [0.1, 0.15) is 37.3 Å². The largest absolute Gasteiger partial charge is 0.407 e. The van der Waals surface area contributed by atoms with Crippen molar-refractivity contribution < 1.29 is 13.2 Å². The van der Waals surface area contributed by atoms with E-state index >= 15 is 0 Å². The molecular formula is C26H26ClF3N6. The molecule has 4 aromatic rings. The van der Waals surface area contributed by atoms with Crippen LogP contribution in [0.2, 0.25) is 5.02 Å². The van der Waals surface area contributed by atoms with Crippen molar-refractivity contribution in [3.05, 3.63) is 71.5 Å². The van der Waals surface area contributed by atoms with Crippen molar-refractivity contribution in [3.63, 3.8) is 0 Å². The van der Waals surface area contributed by atoms with Gasteiger partial charge >= 0.3 is 6.18 Å². The second-order valence-electron chi connectivity index (χ2n) is 9.15. The number of anilines is 2. The summed E-state index contributed by atoms with van der Waals surface area (Å²) < 4.78 is 41.7. The van der Waals surface area contributed by atoms with Gasteiger partial charge in [0.15, 0.2) is 0 Å². The first-order valence-electron chi connectivity index (χ1n) is 11.8. The Kier molecular flexibility index (Phi) is 6.77. The van der Waals surface area contributed by atoms with Gasteiger partial charge < -0.3 is 16.0 Å². The molecule has 1 saturated carbocycles. The lowest BCUT2D eigenvalue weighted by atomic mass is 9.90. The summed E-state index contributed by atoms with van der Waals surface area (Å²) in [4.78, 5) is 12.2. The normalized spacial score (nSPS) is 19.3. The number of benzene rings is 2. The van der Waals surface area contributed by atoms with Gasteiger partial charge in [-0.25, -0.2) is 9.97 Å². The lowest BCUT2D eigenvalue weighted by Gasteiger charge is -2.34. The fraction of sp³-hybridized carbons (Fsp3) is 0.308. The van der Waals surface area contributed by atoms with Gasteiger partial charge in [-0.05, 0) is 49.4 Å². The van der Waals surface area contributed by atoms with Crippen molar-refractivity contribution in [1.82, 2.24) is 20.3 Å².